The van der Waals surface area contributed by atoms with Gasteiger partial charge in [0.1, 0.15) is 11.9 Å². The monoisotopic (exact) mass is 450 g/mol. The van der Waals surface area contributed by atoms with Gasteiger partial charge in [0, 0.05) is 11.8 Å². The minimum absolute atomic E-state index is 0.00718. The molecule has 1 aromatic carbocycles. The maximum absolute atomic E-state index is 13.0. The van der Waals surface area contributed by atoms with Crippen LogP contribution in [0.1, 0.15) is 62.5 Å². The summed E-state index contributed by atoms with van der Waals surface area (Å²) in [6.45, 7) is 8.39. The molecule has 5 nitrogen and oxygen atoms in total. The van der Waals surface area contributed by atoms with Crippen molar-refractivity contribution in [2.75, 3.05) is 0 Å². The molecule has 1 fully saturated rings. The van der Waals surface area contributed by atoms with E-state index in [1.807, 2.05) is 39.8 Å². The average Bonchev–Trinajstić information content (AvgIpc) is 2.98. The molecule has 1 unspecified atom stereocenters. The lowest BCUT2D eigenvalue weighted by Crippen LogP contribution is -2.29. The Hall–Kier alpha value is -2.25. The fourth-order valence-electron chi connectivity index (χ4n) is 4.13. The van der Waals surface area contributed by atoms with E-state index in [0.29, 0.717) is 23.1 Å². The number of ether oxygens (including phenoxy) is 4. The maximum Gasteiger partial charge on any atom is 0.387 e. The predicted molar refractivity (Wildman–Crippen MR) is 118 cm³/mol. The van der Waals surface area contributed by atoms with E-state index in [2.05, 4.69) is 17.7 Å². The molecule has 0 aliphatic carbocycles. The van der Waals surface area contributed by atoms with E-state index in [4.69, 9.17) is 14.2 Å². The highest BCUT2D eigenvalue weighted by molar-refractivity contribution is 5.95. The zero-order chi connectivity index (χ0) is 23.6. The molecule has 5 atom stereocenters. The number of fused-ring (bicyclic) bond motifs is 2. The van der Waals surface area contributed by atoms with E-state index < -0.39 is 18.4 Å². The first kappa shape index (κ1) is 24.4. The fourth-order valence-corrected chi connectivity index (χ4v) is 4.13. The second kappa shape index (κ2) is 9.71. The van der Waals surface area contributed by atoms with Crippen LogP contribution in [0.2, 0.25) is 0 Å². The molecule has 3 rings (SSSR count). The number of halogens is 2. The van der Waals surface area contributed by atoms with E-state index in [-0.39, 0.29) is 35.9 Å². The third-order valence-corrected chi connectivity index (χ3v) is 5.93. The Morgan fingerprint density at radius 1 is 1.09 bits per heavy atom. The first-order chi connectivity index (χ1) is 15.0. The molecule has 32 heavy (non-hydrogen) atoms. The van der Waals surface area contributed by atoms with Crippen LogP contribution < -0.4 is 4.74 Å². The summed E-state index contributed by atoms with van der Waals surface area (Å²) in [7, 11) is 0. The van der Waals surface area contributed by atoms with Crippen LogP contribution in [-0.2, 0) is 14.2 Å². The topological polar surface area (TPSA) is 54.0 Å². The van der Waals surface area contributed by atoms with Crippen molar-refractivity contribution < 1.29 is 32.5 Å². The Morgan fingerprint density at radius 2 is 1.78 bits per heavy atom. The standard InChI is InChI=1S/C25H32F2O5/c1-14-10-11-15(2)22-20(31-25(5,6)32-22)9-7-8-18-13-19(30-24(26)27)12-16(3)21(18)23(28)29-17(14)4/h7-8,10-15,17,20,22,24H,9H2,1-6H3/b8-7+,11-10-/t14-,15?,17+,20+,22-/m1/s1. The van der Waals surface area contributed by atoms with Crippen molar-refractivity contribution >= 4 is 12.0 Å². The average molecular weight is 451 g/mol. The van der Waals surface area contributed by atoms with Crippen LogP contribution in [0.5, 0.6) is 5.75 Å². The number of hydrogen-bond acceptors (Lipinski definition) is 5. The fraction of sp³-hybridized carbons (Fsp3) is 0.560. The summed E-state index contributed by atoms with van der Waals surface area (Å²) in [5.74, 6) is -1.15. The van der Waals surface area contributed by atoms with Gasteiger partial charge in [0.25, 0.3) is 0 Å². The zero-order valence-corrected chi connectivity index (χ0v) is 19.4. The number of carbonyl (C=O) groups excluding carboxylic acids is 1. The van der Waals surface area contributed by atoms with Gasteiger partial charge in [-0.3, -0.25) is 0 Å². The van der Waals surface area contributed by atoms with Gasteiger partial charge < -0.3 is 18.9 Å². The first-order valence-electron chi connectivity index (χ1n) is 11.0. The summed E-state index contributed by atoms with van der Waals surface area (Å²) in [4.78, 5) is 13.0. The number of carbonyl (C=O) groups is 1. The van der Waals surface area contributed by atoms with Gasteiger partial charge in [0.05, 0.1) is 17.8 Å². The van der Waals surface area contributed by atoms with Crippen LogP contribution in [0.15, 0.2) is 30.4 Å². The van der Waals surface area contributed by atoms with Crippen LogP contribution in [0.25, 0.3) is 6.08 Å². The molecule has 0 aromatic heterocycles. The summed E-state index contributed by atoms with van der Waals surface area (Å²) in [5, 5.41) is 0. The summed E-state index contributed by atoms with van der Waals surface area (Å²) in [6.07, 6.45) is 7.54. The Bertz CT molecular complexity index is 893. The third-order valence-electron chi connectivity index (χ3n) is 5.93. The van der Waals surface area contributed by atoms with Gasteiger partial charge in [-0.25, -0.2) is 4.79 Å². The number of benzene rings is 1. The molecule has 2 aliphatic heterocycles. The Labute approximate surface area is 188 Å². The second-order valence-electron chi connectivity index (χ2n) is 9.07. The number of cyclic esters (lactones) is 1. The molecule has 1 saturated heterocycles. The van der Waals surface area contributed by atoms with Gasteiger partial charge in [0.2, 0.25) is 0 Å². The maximum atomic E-state index is 13.0. The van der Waals surface area contributed by atoms with E-state index in [1.54, 1.807) is 13.0 Å². The quantitative estimate of drug-likeness (QED) is 0.414. The molecule has 0 bridgehead atoms. The van der Waals surface area contributed by atoms with E-state index in [0.717, 1.165) is 0 Å². The van der Waals surface area contributed by atoms with E-state index in [9.17, 15) is 13.6 Å². The highest BCUT2D eigenvalue weighted by Gasteiger charge is 2.42. The number of rotatable bonds is 2. The van der Waals surface area contributed by atoms with Crippen molar-refractivity contribution in [3.63, 3.8) is 0 Å². The highest BCUT2D eigenvalue weighted by Crippen LogP contribution is 2.35. The molecule has 176 valence electrons. The SMILES string of the molecule is Cc1cc(OC(F)F)cc2c1C(=O)O[C@@H](C)[C@H](C)/C=C\C(C)[C@H]1OC(C)(C)O[C@H]1C/C=C/2. The lowest BCUT2D eigenvalue weighted by atomic mass is 9.94. The van der Waals surface area contributed by atoms with Gasteiger partial charge in [-0.1, -0.05) is 38.2 Å². The molecule has 2 heterocycles. The summed E-state index contributed by atoms with van der Waals surface area (Å²) >= 11 is 0. The molecule has 2 aliphatic rings. The highest BCUT2D eigenvalue weighted by atomic mass is 19.3. The smallest absolute Gasteiger partial charge is 0.387 e. The lowest BCUT2D eigenvalue weighted by molar-refractivity contribution is -0.148. The summed E-state index contributed by atoms with van der Waals surface area (Å²) < 4.78 is 48.2. The molecule has 0 amide bonds. The molecule has 7 heteroatoms. The lowest BCUT2D eigenvalue weighted by Gasteiger charge is -2.23. The van der Waals surface area contributed by atoms with Crippen LogP contribution in [0.3, 0.4) is 0 Å². The van der Waals surface area contributed by atoms with Crippen molar-refractivity contribution in [3.8, 4) is 5.75 Å². The van der Waals surface area contributed by atoms with Crippen molar-refractivity contribution in [2.45, 2.75) is 78.7 Å². The Kier molecular flexibility index (Phi) is 7.40. The molecule has 1 aromatic rings. The van der Waals surface area contributed by atoms with Crippen LogP contribution in [0.4, 0.5) is 8.78 Å². The van der Waals surface area contributed by atoms with Crippen LogP contribution >= 0.6 is 0 Å². The minimum Gasteiger partial charge on any atom is -0.458 e. The second-order valence-corrected chi connectivity index (χ2v) is 9.07. The van der Waals surface area contributed by atoms with Gasteiger partial charge in [0.15, 0.2) is 5.79 Å². The Balaban J connectivity index is 2.03. The zero-order valence-electron chi connectivity index (χ0n) is 19.4. The van der Waals surface area contributed by atoms with E-state index in [1.165, 1.54) is 12.1 Å². The van der Waals surface area contributed by atoms with Gasteiger partial charge in [-0.15, -0.1) is 0 Å². The van der Waals surface area contributed by atoms with Crippen molar-refractivity contribution in [1.29, 1.82) is 0 Å². The predicted octanol–water partition coefficient (Wildman–Crippen LogP) is 5.91. The largest absolute Gasteiger partial charge is 0.458 e. The summed E-state index contributed by atoms with van der Waals surface area (Å²) in [5.41, 5.74) is 1.29. The van der Waals surface area contributed by atoms with Crippen molar-refractivity contribution in [3.05, 3.63) is 47.1 Å². The van der Waals surface area contributed by atoms with Crippen molar-refractivity contribution in [1.82, 2.24) is 0 Å². The molecule has 0 saturated carbocycles. The van der Waals surface area contributed by atoms with Crippen LogP contribution in [0, 0.1) is 18.8 Å². The molecule has 0 radical (unpaired) electrons. The third kappa shape index (κ3) is 5.75. The first-order valence-corrected chi connectivity index (χ1v) is 11.0. The molecular formula is C25H32F2O5. The minimum atomic E-state index is -2.96. The number of aryl methyl sites for hydroxylation is 1. The van der Waals surface area contributed by atoms with E-state index >= 15 is 0 Å². The van der Waals surface area contributed by atoms with Gasteiger partial charge in [-0.05, 0) is 57.4 Å². The molecule has 0 spiro atoms. The summed E-state index contributed by atoms with van der Waals surface area (Å²) in [6, 6.07) is 2.85. The molecular weight excluding hydrogens is 418 g/mol. The van der Waals surface area contributed by atoms with Gasteiger partial charge in [-0.2, -0.15) is 8.78 Å². The van der Waals surface area contributed by atoms with Crippen LogP contribution in [-0.4, -0.2) is 36.7 Å². The Morgan fingerprint density at radius 3 is 2.47 bits per heavy atom. The number of alkyl halides is 2. The normalized spacial score (nSPS) is 32.4. The van der Waals surface area contributed by atoms with Gasteiger partial charge >= 0.3 is 12.6 Å². The number of esters is 1. The van der Waals surface area contributed by atoms with Crippen molar-refractivity contribution in [2.24, 2.45) is 11.8 Å². The number of hydrogen-bond donors (Lipinski definition) is 0. The molecule has 0 N–H and O–H groups in total.